The first-order chi connectivity index (χ1) is 13.2. The van der Waals surface area contributed by atoms with Crippen molar-refractivity contribution in [1.82, 2.24) is 19.2 Å². The molecular formula is C22H24N4O. The summed E-state index contributed by atoms with van der Waals surface area (Å²) in [6.07, 6.45) is 1.87. The average Bonchev–Trinajstić information content (AvgIpc) is 3.16. The first-order valence-electron chi connectivity index (χ1n) is 9.51. The number of likely N-dealkylation sites (N-methyl/N-ethyl adjacent to an activating group) is 1. The number of rotatable bonds is 6. The second kappa shape index (κ2) is 7.37. The molecule has 5 heteroatoms. The van der Waals surface area contributed by atoms with Crippen molar-refractivity contribution in [2.45, 2.75) is 20.4 Å². The van der Waals surface area contributed by atoms with Gasteiger partial charge in [-0.25, -0.2) is 4.68 Å². The first kappa shape index (κ1) is 17.5. The lowest BCUT2D eigenvalue weighted by Crippen LogP contribution is -2.31. The van der Waals surface area contributed by atoms with Crippen molar-refractivity contribution in [3.05, 3.63) is 71.1 Å². The molecule has 0 unspecified atom stereocenters. The molecule has 0 aliphatic carbocycles. The second-order valence-corrected chi connectivity index (χ2v) is 6.66. The number of para-hydroxylation sites is 1. The fourth-order valence-corrected chi connectivity index (χ4v) is 3.68. The van der Waals surface area contributed by atoms with Crippen LogP contribution in [-0.4, -0.2) is 38.9 Å². The summed E-state index contributed by atoms with van der Waals surface area (Å²) in [4.78, 5) is 15.6. The van der Waals surface area contributed by atoms with Crippen molar-refractivity contribution in [3.63, 3.8) is 0 Å². The third kappa shape index (κ3) is 3.04. The molecule has 27 heavy (non-hydrogen) atoms. The Hall–Kier alpha value is -2.92. The molecule has 4 aromatic rings. The topological polar surface area (TPSA) is 43.1 Å². The monoisotopic (exact) mass is 360 g/mol. The fraction of sp³-hybridized carbons (Fsp3) is 0.273. The lowest BCUT2D eigenvalue weighted by Gasteiger charge is -2.20. The summed E-state index contributed by atoms with van der Waals surface area (Å²) in [6, 6.07) is 17.8. The normalized spacial score (nSPS) is 11.7. The quantitative estimate of drug-likeness (QED) is 0.527. The molecule has 0 aliphatic rings. The molecule has 2 aromatic heterocycles. The first-order valence-corrected chi connectivity index (χ1v) is 9.51. The van der Waals surface area contributed by atoms with Crippen LogP contribution in [0.5, 0.6) is 0 Å². The van der Waals surface area contributed by atoms with Crippen LogP contribution in [-0.2, 0) is 6.54 Å². The molecule has 0 saturated heterocycles. The Morgan fingerprint density at radius 2 is 1.56 bits per heavy atom. The molecule has 4 rings (SSSR count). The van der Waals surface area contributed by atoms with Gasteiger partial charge in [-0.15, -0.1) is 0 Å². The van der Waals surface area contributed by atoms with E-state index in [1.54, 1.807) is 0 Å². The molecule has 0 N–H and O–H groups in total. The molecule has 0 bridgehead atoms. The zero-order chi connectivity index (χ0) is 18.8. The zero-order valence-corrected chi connectivity index (χ0v) is 15.8. The van der Waals surface area contributed by atoms with E-state index in [-0.39, 0.29) is 5.56 Å². The molecule has 0 saturated carbocycles. The van der Waals surface area contributed by atoms with Gasteiger partial charge >= 0.3 is 0 Å². The third-order valence-electron chi connectivity index (χ3n) is 5.23. The maximum atomic E-state index is 13.3. The van der Waals surface area contributed by atoms with Crippen LogP contribution >= 0.6 is 0 Å². The molecule has 2 heterocycles. The van der Waals surface area contributed by atoms with E-state index in [0.717, 1.165) is 47.1 Å². The van der Waals surface area contributed by atoms with Gasteiger partial charge in [-0.05, 0) is 36.7 Å². The van der Waals surface area contributed by atoms with E-state index in [1.165, 1.54) is 0 Å². The average molecular weight is 360 g/mol. The van der Waals surface area contributed by atoms with E-state index in [4.69, 9.17) is 0 Å². The molecule has 138 valence electrons. The third-order valence-corrected chi connectivity index (χ3v) is 5.23. The molecule has 0 amide bonds. The van der Waals surface area contributed by atoms with Gasteiger partial charge in [0.15, 0.2) is 0 Å². The van der Waals surface area contributed by atoms with E-state index in [1.807, 2.05) is 70.0 Å². The SMILES string of the molecule is CCN(CC)CCn1c(=O)c2ccccc2c2cnn(-c3ccccc3)c21. The predicted molar refractivity (Wildman–Crippen MR) is 111 cm³/mol. The lowest BCUT2D eigenvalue weighted by atomic mass is 10.1. The highest BCUT2D eigenvalue weighted by atomic mass is 16.1. The summed E-state index contributed by atoms with van der Waals surface area (Å²) in [5, 5.41) is 7.34. The van der Waals surface area contributed by atoms with E-state index in [9.17, 15) is 4.79 Å². The fourth-order valence-electron chi connectivity index (χ4n) is 3.68. The Morgan fingerprint density at radius 1 is 0.889 bits per heavy atom. The van der Waals surface area contributed by atoms with Crippen LogP contribution in [0.15, 0.2) is 65.6 Å². The number of nitrogens with zero attached hydrogens (tertiary/aromatic N) is 4. The Morgan fingerprint density at radius 3 is 2.26 bits per heavy atom. The van der Waals surface area contributed by atoms with Gasteiger partial charge in [0.1, 0.15) is 5.65 Å². The number of benzene rings is 2. The standard InChI is InChI=1S/C22H24N4O/c1-3-24(4-2)14-15-25-21-20(18-12-8-9-13-19(18)22(25)27)16-23-26(21)17-10-6-5-7-11-17/h5-13,16H,3-4,14-15H2,1-2H3. The van der Waals surface area contributed by atoms with Crippen LogP contribution < -0.4 is 5.56 Å². The minimum absolute atomic E-state index is 0.0444. The van der Waals surface area contributed by atoms with E-state index in [0.29, 0.717) is 6.54 Å². The van der Waals surface area contributed by atoms with Crippen LogP contribution in [0.2, 0.25) is 0 Å². The minimum Gasteiger partial charge on any atom is -0.302 e. The Labute approximate surface area is 158 Å². The summed E-state index contributed by atoms with van der Waals surface area (Å²) in [7, 11) is 0. The summed E-state index contributed by atoms with van der Waals surface area (Å²) in [5.74, 6) is 0. The van der Waals surface area contributed by atoms with E-state index >= 15 is 0 Å². The van der Waals surface area contributed by atoms with Gasteiger partial charge in [-0.3, -0.25) is 9.36 Å². The minimum atomic E-state index is 0.0444. The van der Waals surface area contributed by atoms with Gasteiger partial charge in [-0.2, -0.15) is 5.10 Å². The molecule has 5 nitrogen and oxygen atoms in total. The van der Waals surface area contributed by atoms with Gasteiger partial charge in [0.25, 0.3) is 5.56 Å². The highest BCUT2D eigenvalue weighted by Crippen LogP contribution is 2.24. The highest BCUT2D eigenvalue weighted by Gasteiger charge is 2.16. The van der Waals surface area contributed by atoms with Gasteiger partial charge in [0.05, 0.1) is 11.9 Å². The summed E-state index contributed by atoms with van der Waals surface area (Å²) < 4.78 is 3.77. The van der Waals surface area contributed by atoms with Crippen molar-refractivity contribution in [1.29, 1.82) is 0 Å². The Bertz CT molecular complexity index is 1120. The van der Waals surface area contributed by atoms with Crippen molar-refractivity contribution < 1.29 is 0 Å². The van der Waals surface area contributed by atoms with Gasteiger partial charge in [-0.1, -0.05) is 50.2 Å². The van der Waals surface area contributed by atoms with Crippen LogP contribution in [0.25, 0.3) is 27.5 Å². The summed E-state index contributed by atoms with van der Waals surface area (Å²) >= 11 is 0. The molecule has 0 atom stereocenters. The molecule has 0 radical (unpaired) electrons. The van der Waals surface area contributed by atoms with Crippen LogP contribution in [0.3, 0.4) is 0 Å². The van der Waals surface area contributed by atoms with Gasteiger partial charge < -0.3 is 4.90 Å². The predicted octanol–water partition coefficient (Wildman–Crippen LogP) is 3.68. The maximum Gasteiger partial charge on any atom is 0.260 e. The van der Waals surface area contributed by atoms with Crippen molar-refractivity contribution >= 4 is 21.8 Å². The van der Waals surface area contributed by atoms with E-state index < -0.39 is 0 Å². The molecule has 0 aliphatic heterocycles. The summed E-state index contributed by atoms with van der Waals surface area (Å²) in [5.41, 5.74) is 1.86. The van der Waals surface area contributed by atoms with Crippen LogP contribution in [0.1, 0.15) is 13.8 Å². The molecule has 0 fully saturated rings. The largest absolute Gasteiger partial charge is 0.302 e. The summed E-state index contributed by atoms with van der Waals surface area (Å²) in [6.45, 7) is 7.72. The van der Waals surface area contributed by atoms with Crippen LogP contribution in [0.4, 0.5) is 0 Å². The van der Waals surface area contributed by atoms with Gasteiger partial charge in [0.2, 0.25) is 0 Å². The van der Waals surface area contributed by atoms with Crippen molar-refractivity contribution in [2.24, 2.45) is 0 Å². The highest BCUT2D eigenvalue weighted by molar-refractivity contribution is 6.04. The number of hydrogen-bond acceptors (Lipinski definition) is 3. The lowest BCUT2D eigenvalue weighted by molar-refractivity contribution is 0.290. The maximum absolute atomic E-state index is 13.3. The molecular weight excluding hydrogens is 336 g/mol. The number of hydrogen-bond donors (Lipinski definition) is 0. The van der Waals surface area contributed by atoms with E-state index in [2.05, 4.69) is 23.8 Å². The molecule has 2 aromatic carbocycles. The molecule has 0 spiro atoms. The van der Waals surface area contributed by atoms with Crippen molar-refractivity contribution in [3.8, 4) is 5.69 Å². The van der Waals surface area contributed by atoms with Crippen LogP contribution in [0, 0.1) is 0 Å². The number of fused-ring (bicyclic) bond motifs is 3. The van der Waals surface area contributed by atoms with Crippen molar-refractivity contribution in [2.75, 3.05) is 19.6 Å². The number of aromatic nitrogens is 3. The second-order valence-electron chi connectivity index (χ2n) is 6.66. The Kier molecular flexibility index (Phi) is 4.77. The number of pyridine rings is 1. The Balaban J connectivity index is 1.98. The zero-order valence-electron chi connectivity index (χ0n) is 15.8. The van der Waals surface area contributed by atoms with Gasteiger partial charge in [0, 0.05) is 23.9 Å². The smallest absolute Gasteiger partial charge is 0.260 e.